The summed E-state index contributed by atoms with van der Waals surface area (Å²) in [5.74, 6) is 0.273. The van der Waals surface area contributed by atoms with E-state index in [-0.39, 0.29) is 23.3 Å². The fourth-order valence-electron chi connectivity index (χ4n) is 3.51. The quantitative estimate of drug-likeness (QED) is 0.735. The Bertz CT molecular complexity index is 977. The Balaban J connectivity index is 1.73. The summed E-state index contributed by atoms with van der Waals surface area (Å²) in [7, 11) is -2.13. The van der Waals surface area contributed by atoms with Gasteiger partial charge in [0.05, 0.1) is 17.0 Å². The molecule has 0 bridgehead atoms. The van der Waals surface area contributed by atoms with Crippen LogP contribution in [0.2, 0.25) is 5.02 Å². The van der Waals surface area contributed by atoms with Crippen LogP contribution >= 0.6 is 11.6 Å². The summed E-state index contributed by atoms with van der Waals surface area (Å²) >= 11 is 6.10. The Hall–Kier alpha value is -2.09. The molecule has 1 unspecified atom stereocenters. The van der Waals surface area contributed by atoms with Gasteiger partial charge in [-0.2, -0.15) is 4.31 Å². The van der Waals surface area contributed by atoms with Crippen molar-refractivity contribution >= 4 is 33.2 Å². The average Bonchev–Trinajstić information content (AvgIpc) is 2.68. The van der Waals surface area contributed by atoms with Crippen molar-refractivity contribution in [1.82, 2.24) is 4.31 Å². The monoisotopic (exact) mass is 436 g/mol. The maximum atomic E-state index is 13.1. The summed E-state index contributed by atoms with van der Waals surface area (Å²) in [6.45, 7) is 2.33. The molecule has 8 heteroatoms. The van der Waals surface area contributed by atoms with Crippen molar-refractivity contribution < 1.29 is 17.9 Å². The average molecular weight is 437 g/mol. The van der Waals surface area contributed by atoms with E-state index >= 15 is 0 Å². The third kappa shape index (κ3) is 5.10. The topological polar surface area (TPSA) is 75.7 Å². The van der Waals surface area contributed by atoms with Crippen LogP contribution in [0.4, 0.5) is 5.69 Å². The number of halogens is 1. The predicted molar refractivity (Wildman–Crippen MR) is 114 cm³/mol. The summed E-state index contributed by atoms with van der Waals surface area (Å²) < 4.78 is 32.8. The van der Waals surface area contributed by atoms with Crippen molar-refractivity contribution in [2.24, 2.45) is 0 Å². The second kappa shape index (κ2) is 9.15. The molecule has 2 aromatic carbocycles. The molecule has 1 saturated heterocycles. The van der Waals surface area contributed by atoms with E-state index in [9.17, 15) is 13.2 Å². The highest BCUT2D eigenvalue weighted by Crippen LogP contribution is 2.29. The number of sulfonamides is 1. The third-order valence-corrected chi connectivity index (χ3v) is 7.32. The molecule has 1 amide bonds. The van der Waals surface area contributed by atoms with Gasteiger partial charge in [0.2, 0.25) is 15.9 Å². The zero-order valence-corrected chi connectivity index (χ0v) is 18.1. The van der Waals surface area contributed by atoms with E-state index in [1.54, 1.807) is 42.5 Å². The molecule has 0 aliphatic carbocycles. The minimum absolute atomic E-state index is 0.0920. The number of nitrogens with one attached hydrogen (secondary N) is 1. The predicted octanol–water partition coefficient (Wildman–Crippen LogP) is 4.23. The standard InChI is InChI=1S/C21H25ClN2O4S/c1-15-6-9-18(10-7-15)29(26,27)24-12-4-3-5-17(24)14-21(25)23-16-8-11-20(28-2)19(22)13-16/h6-11,13,17H,3-5,12,14H2,1-2H3,(H,23,25). The van der Waals surface area contributed by atoms with E-state index in [1.165, 1.54) is 11.4 Å². The van der Waals surface area contributed by atoms with Crippen molar-refractivity contribution in [3.05, 3.63) is 53.1 Å². The SMILES string of the molecule is COc1ccc(NC(=O)CC2CCCCN2S(=O)(=O)c2ccc(C)cc2)cc1Cl. The molecule has 1 heterocycles. The van der Waals surface area contributed by atoms with E-state index in [0.717, 1.165) is 18.4 Å². The lowest BCUT2D eigenvalue weighted by molar-refractivity contribution is -0.117. The molecule has 3 rings (SSSR count). The van der Waals surface area contributed by atoms with Gasteiger partial charge in [-0.15, -0.1) is 0 Å². The number of hydrogen-bond acceptors (Lipinski definition) is 4. The summed E-state index contributed by atoms with van der Waals surface area (Å²) in [5, 5.41) is 3.20. The fraction of sp³-hybridized carbons (Fsp3) is 0.381. The number of anilines is 1. The molecular formula is C21H25ClN2O4S. The minimum atomic E-state index is -3.65. The molecule has 1 aliphatic rings. The van der Waals surface area contributed by atoms with Gasteiger partial charge >= 0.3 is 0 Å². The molecule has 1 N–H and O–H groups in total. The van der Waals surface area contributed by atoms with Gasteiger partial charge in [-0.05, 0) is 50.1 Å². The van der Waals surface area contributed by atoms with Crippen molar-refractivity contribution in [3.63, 3.8) is 0 Å². The number of piperidine rings is 1. The van der Waals surface area contributed by atoms with Gasteiger partial charge in [0, 0.05) is 24.7 Å². The van der Waals surface area contributed by atoms with Gasteiger partial charge in [-0.3, -0.25) is 4.79 Å². The first-order chi connectivity index (χ1) is 13.8. The van der Waals surface area contributed by atoms with Crippen molar-refractivity contribution in [2.45, 2.75) is 43.5 Å². The lowest BCUT2D eigenvalue weighted by Gasteiger charge is -2.34. The van der Waals surface area contributed by atoms with Crippen molar-refractivity contribution in [2.75, 3.05) is 19.0 Å². The van der Waals surface area contributed by atoms with E-state index in [2.05, 4.69) is 5.32 Å². The molecule has 0 aromatic heterocycles. The number of methoxy groups -OCH3 is 1. The van der Waals surface area contributed by atoms with Gasteiger partial charge in [0.15, 0.2) is 0 Å². The highest BCUT2D eigenvalue weighted by Gasteiger charge is 2.34. The molecule has 1 atom stereocenters. The number of ether oxygens (including phenoxy) is 1. The van der Waals surface area contributed by atoms with Gasteiger partial charge < -0.3 is 10.1 Å². The molecule has 1 aliphatic heterocycles. The Morgan fingerprint density at radius 3 is 2.59 bits per heavy atom. The Morgan fingerprint density at radius 1 is 1.21 bits per heavy atom. The molecule has 0 radical (unpaired) electrons. The summed E-state index contributed by atoms with van der Waals surface area (Å²) in [5.41, 5.74) is 1.54. The lowest BCUT2D eigenvalue weighted by Crippen LogP contribution is -2.45. The normalized spacial score (nSPS) is 17.7. The smallest absolute Gasteiger partial charge is 0.243 e. The van der Waals surface area contributed by atoms with Crippen molar-refractivity contribution in [3.8, 4) is 5.75 Å². The Labute approximate surface area is 176 Å². The van der Waals surface area contributed by atoms with Crippen LogP contribution in [0.25, 0.3) is 0 Å². The zero-order chi connectivity index (χ0) is 21.0. The van der Waals surface area contributed by atoms with Gasteiger partial charge in [-0.25, -0.2) is 8.42 Å². The summed E-state index contributed by atoms with van der Waals surface area (Å²) in [6, 6.07) is 11.4. The van der Waals surface area contributed by atoms with Crippen LogP contribution in [0.15, 0.2) is 47.4 Å². The molecule has 6 nitrogen and oxygen atoms in total. The van der Waals surface area contributed by atoms with Crippen molar-refractivity contribution in [1.29, 1.82) is 0 Å². The largest absolute Gasteiger partial charge is 0.495 e. The summed E-state index contributed by atoms with van der Waals surface area (Å²) in [4.78, 5) is 12.9. The van der Waals surface area contributed by atoms with Gasteiger partial charge in [-0.1, -0.05) is 35.7 Å². The highest BCUT2D eigenvalue weighted by atomic mass is 35.5. The molecule has 156 valence electrons. The Kier molecular flexibility index (Phi) is 6.82. The maximum Gasteiger partial charge on any atom is 0.243 e. The highest BCUT2D eigenvalue weighted by molar-refractivity contribution is 7.89. The molecular weight excluding hydrogens is 412 g/mol. The maximum absolute atomic E-state index is 13.1. The number of nitrogens with zero attached hydrogens (tertiary/aromatic N) is 1. The summed E-state index contributed by atoms with van der Waals surface area (Å²) in [6.07, 6.45) is 2.43. The van der Waals surface area contributed by atoms with Crippen LogP contribution in [-0.2, 0) is 14.8 Å². The van der Waals surface area contributed by atoms with Gasteiger partial charge in [0.25, 0.3) is 0 Å². The van der Waals surface area contributed by atoms with E-state index < -0.39 is 10.0 Å². The Morgan fingerprint density at radius 2 is 1.93 bits per heavy atom. The number of hydrogen-bond donors (Lipinski definition) is 1. The van der Waals surface area contributed by atoms with E-state index in [0.29, 0.717) is 29.4 Å². The fourth-order valence-corrected chi connectivity index (χ4v) is 5.46. The number of amides is 1. The first-order valence-electron chi connectivity index (χ1n) is 9.53. The second-order valence-electron chi connectivity index (χ2n) is 7.18. The molecule has 2 aromatic rings. The molecule has 0 saturated carbocycles. The minimum Gasteiger partial charge on any atom is -0.495 e. The number of rotatable bonds is 6. The lowest BCUT2D eigenvalue weighted by atomic mass is 10.0. The van der Waals surface area contributed by atoms with Crippen LogP contribution in [0, 0.1) is 6.92 Å². The van der Waals surface area contributed by atoms with Crippen LogP contribution < -0.4 is 10.1 Å². The van der Waals surface area contributed by atoms with Gasteiger partial charge in [0.1, 0.15) is 5.75 Å². The van der Waals surface area contributed by atoms with E-state index in [1.807, 2.05) is 6.92 Å². The molecule has 1 fully saturated rings. The zero-order valence-electron chi connectivity index (χ0n) is 16.5. The molecule has 29 heavy (non-hydrogen) atoms. The first-order valence-corrected chi connectivity index (χ1v) is 11.3. The number of benzene rings is 2. The molecule has 0 spiro atoms. The van der Waals surface area contributed by atoms with Crippen LogP contribution in [0.5, 0.6) is 5.75 Å². The number of carbonyl (C=O) groups excluding carboxylic acids is 1. The first kappa shape index (κ1) is 21.6. The van der Waals surface area contributed by atoms with E-state index in [4.69, 9.17) is 16.3 Å². The number of aryl methyl sites for hydroxylation is 1. The number of carbonyl (C=O) groups is 1. The van der Waals surface area contributed by atoms with Crippen LogP contribution in [0.3, 0.4) is 0 Å². The second-order valence-corrected chi connectivity index (χ2v) is 9.48. The van der Waals surface area contributed by atoms with Crippen LogP contribution in [-0.4, -0.2) is 38.3 Å². The third-order valence-electron chi connectivity index (χ3n) is 5.06. The van der Waals surface area contributed by atoms with Crippen LogP contribution in [0.1, 0.15) is 31.2 Å².